The number of halogens is 1. The van der Waals surface area contributed by atoms with Crippen LogP contribution in [0.25, 0.3) is 0 Å². The third kappa shape index (κ3) is 2.62. The van der Waals surface area contributed by atoms with Gasteiger partial charge in [0.05, 0.1) is 11.9 Å². The number of hydrogen-bond donors (Lipinski definition) is 0. The van der Waals surface area contributed by atoms with Crippen LogP contribution in [-0.4, -0.2) is 25.9 Å². The van der Waals surface area contributed by atoms with Gasteiger partial charge in [-0.1, -0.05) is 29.8 Å². The van der Waals surface area contributed by atoms with Crippen LogP contribution in [0.4, 0.5) is 0 Å². The lowest BCUT2D eigenvalue weighted by molar-refractivity contribution is -0.125. The van der Waals surface area contributed by atoms with Crippen LogP contribution in [-0.2, 0) is 11.3 Å². The number of alkyl halides is 1. The number of carbonyl (C=O) groups excluding carboxylic acids is 1. The quantitative estimate of drug-likeness (QED) is 0.751. The summed E-state index contributed by atoms with van der Waals surface area (Å²) in [6, 6.07) is 0. The van der Waals surface area contributed by atoms with Crippen LogP contribution >= 0.6 is 15.9 Å². The van der Waals surface area contributed by atoms with Gasteiger partial charge in [0.2, 0.25) is 0 Å². The smallest absolute Gasteiger partial charge is 0.150 e. The highest BCUT2D eigenvalue weighted by molar-refractivity contribution is 9.09. The van der Waals surface area contributed by atoms with E-state index in [1.165, 1.54) is 6.33 Å². The fraction of sp³-hybridized carbons (Fsp3) is 0.625. The van der Waals surface area contributed by atoms with Crippen LogP contribution in [0.1, 0.15) is 13.8 Å². The van der Waals surface area contributed by atoms with Gasteiger partial charge >= 0.3 is 0 Å². The number of rotatable bonds is 4. The summed E-state index contributed by atoms with van der Waals surface area (Å²) in [6.07, 6.45) is 3.08. The molecule has 0 N–H and O–H groups in total. The second-order valence-corrected chi connectivity index (χ2v) is 4.09. The van der Waals surface area contributed by atoms with Crippen molar-refractivity contribution < 1.29 is 4.79 Å². The minimum atomic E-state index is -0.392. The van der Waals surface area contributed by atoms with Crippen molar-refractivity contribution in [1.82, 2.24) is 14.8 Å². The summed E-state index contributed by atoms with van der Waals surface area (Å²) >= 11 is 3.16. The average Bonchev–Trinajstić information content (AvgIpc) is 2.54. The lowest BCUT2D eigenvalue weighted by Gasteiger charge is -2.21. The molecule has 1 rings (SSSR count). The summed E-state index contributed by atoms with van der Waals surface area (Å²) in [7, 11) is 0. The van der Waals surface area contributed by atoms with Gasteiger partial charge in [-0.05, 0) is 0 Å². The van der Waals surface area contributed by atoms with E-state index in [0.29, 0.717) is 11.9 Å². The van der Waals surface area contributed by atoms with Crippen LogP contribution in [0.15, 0.2) is 12.7 Å². The molecule has 0 bridgehead atoms. The SMILES string of the molecule is CC(C)(Cn1cncn1)C(=O)CBr. The summed E-state index contributed by atoms with van der Waals surface area (Å²) in [4.78, 5) is 15.3. The third-order valence-corrected chi connectivity index (χ3v) is 2.41. The van der Waals surface area contributed by atoms with Gasteiger partial charge in [0, 0.05) is 5.41 Å². The van der Waals surface area contributed by atoms with Crippen molar-refractivity contribution >= 4 is 21.7 Å². The van der Waals surface area contributed by atoms with Gasteiger partial charge in [-0.2, -0.15) is 5.10 Å². The van der Waals surface area contributed by atoms with Gasteiger partial charge in [0.15, 0.2) is 5.78 Å². The van der Waals surface area contributed by atoms with Crippen molar-refractivity contribution in [2.75, 3.05) is 5.33 Å². The maximum atomic E-state index is 11.5. The van der Waals surface area contributed by atoms with E-state index < -0.39 is 5.41 Å². The first-order chi connectivity index (χ1) is 6.06. The number of carbonyl (C=O) groups is 1. The fourth-order valence-electron chi connectivity index (χ4n) is 0.988. The van der Waals surface area contributed by atoms with Gasteiger partial charge in [0.1, 0.15) is 12.7 Å². The van der Waals surface area contributed by atoms with Crippen molar-refractivity contribution in [3.63, 3.8) is 0 Å². The van der Waals surface area contributed by atoms with Gasteiger partial charge in [-0.15, -0.1) is 0 Å². The van der Waals surface area contributed by atoms with Crippen LogP contribution in [0, 0.1) is 5.41 Å². The van der Waals surface area contributed by atoms with Gasteiger partial charge in [-0.3, -0.25) is 9.48 Å². The van der Waals surface area contributed by atoms with E-state index in [-0.39, 0.29) is 5.78 Å². The van der Waals surface area contributed by atoms with E-state index in [1.54, 1.807) is 11.0 Å². The highest BCUT2D eigenvalue weighted by Gasteiger charge is 2.26. The van der Waals surface area contributed by atoms with Crippen LogP contribution in [0.3, 0.4) is 0 Å². The number of Topliss-reactive ketones (excluding diaryl/α,β-unsaturated/α-hetero) is 1. The van der Waals surface area contributed by atoms with Crippen molar-refractivity contribution in [1.29, 1.82) is 0 Å². The Balaban J connectivity index is 2.67. The Bertz CT molecular complexity index is 282. The van der Waals surface area contributed by atoms with Crippen LogP contribution in [0.2, 0.25) is 0 Å². The maximum absolute atomic E-state index is 11.5. The first kappa shape index (κ1) is 10.4. The molecule has 0 aliphatic rings. The van der Waals surface area contributed by atoms with E-state index in [4.69, 9.17) is 0 Å². The molecule has 0 spiro atoms. The molecule has 13 heavy (non-hydrogen) atoms. The standard InChI is InChI=1S/C8H12BrN3O/c1-8(2,7(13)3-9)4-12-6-10-5-11-12/h5-6H,3-4H2,1-2H3. The normalized spacial score (nSPS) is 11.6. The Morgan fingerprint density at radius 1 is 1.62 bits per heavy atom. The fourth-order valence-corrected chi connectivity index (χ4v) is 1.75. The molecule has 1 heterocycles. The predicted octanol–water partition coefficient (Wildman–Crippen LogP) is 1.27. The van der Waals surface area contributed by atoms with E-state index in [2.05, 4.69) is 26.0 Å². The van der Waals surface area contributed by atoms with E-state index in [0.717, 1.165) is 0 Å². The molecule has 0 unspecified atom stereocenters. The minimum Gasteiger partial charge on any atom is -0.298 e. The molecule has 0 saturated carbocycles. The van der Waals surface area contributed by atoms with E-state index in [9.17, 15) is 4.79 Å². The van der Waals surface area contributed by atoms with Crippen molar-refractivity contribution in [3.05, 3.63) is 12.7 Å². The Kier molecular flexibility index (Phi) is 3.19. The zero-order chi connectivity index (χ0) is 9.90. The lowest BCUT2D eigenvalue weighted by Crippen LogP contribution is -2.30. The monoisotopic (exact) mass is 245 g/mol. The lowest BCUT2D eigenvalue weighted by atomic mass is 9.89. The number of nitrogens with zero attached hydrogens (tertiary/aromatic N) is 3. The average molecular weight is 246 g/mol. The molecule has 0 aliphatic carbocycles. The summed E-state index contributed by atoms with van der Waals surface area (Å²) in [6.45, 7) is 4.37. The molecule has 4 nitrogen and oxygen atoms in total. The molecule has 0 amide bonds. The van der Waals surface area contributed by atoms with Crippen molar-refractivity contribution in [2.24, 2.45) is 5.41 Å². The second kappa shape index (κ2) is 4.00. The van der Waals surface area contributed by atoms with Gasteiger partial charge < -0.3 is 0 Å². The Labute approximate surface area is 85.5 Å². The zero-order valence-electron chi connectivity index (χ0n) is 7.70. The molecule has 0 saturated heterocycles. The molecule has 0 aromatic carbocycles. The number of aromatic nitrogens is 3. The van der Waals surface area contributed by atoms with Gasteiger partial charge in [-0.25, -0.2) is 4.98 Å². The Hall–Kier alpha value is -0.710. The minimum absolute atomic E-state index is 0.169. The first-order valence-corrected chi connectivity index (χ1v) is 5.10. The van der Waals surface area contributed by atoms with Gasteiger partial charge in [0.25, 0.3) is 0 Å². The van der Waals surface area contributed by atoms with Crippen molar-refractivity contribution in [2.45, 2.75) is 20.4 Å². The summed E-state index contributed by atoms with van der Waals surface area (Å²) in [5, 5.41) is 4.34. The molecule has 5 heteroatoms. The zero-order valence-corrected chi connectivity index (χ0v) is 9.28. The highest BCUT2D eigenvalue weighted by Crippen LogP contribution is 2.19. The first-order valence-electron chi connectivity index (χ1n) is 3.98. The molecule has 0 radical (unpaired) electrons. The second-order valence-electron chi connectivity index (χ2n) is 3.53. The Morgan fingerprint density at radius 3 is 2.77 bits per heavy atom. The molecule has 72 valence electrons. The number of hydrogen-bond acceptors (Lipinski definition) is 3. The number of ketones is 1. The Morgan fingerprint density at radius 2 is 2.31 bits per heavy atom. The topological polar surface area (TPSA) is 47.8 Å². The predicted molar refractivity (Wildman–Crippen MR) is 52.6 cm³/mol. The van der Waals surface area contributed by atoms with Crippen LogP contribution < -0.4 is 0 Å². The highest BCUT2D eigenvalue weighted by atomic mass is 79.9. The molecule has 1 aromatic heterocycles. The summed E-state index contributed by atoms with van der Waals surface area (Å²) in [5.74, 6) is 0.169. The maximum Gasteiger partial charge on any atom is 0.150 e. The largest absolute Gasteiger partial charge is 0.298 e. The molecular weight excluding hydrogens is 234 g/mol. The molecule has 1 aromatic rings. The molecule has 0 atom stereocenters. The summed E-state index contributed by atoms with van der Waals surface area (Å²) in [5.41, 5.74) is -0.392. The van der Waals surface area contributed by atoms with E-state index >= 15 is 0 Å². The summed E-state index contributed by atoms with van der Waals surface area (Å²) < 4.78 is 1.67. The molecular formula is C8H12BrN3O. The van der Waals surface area contributed by atoms with Crippen LogP contribution in [0.5, 0.6) is 0 Å². The third-order valence-electron chi connectivity index (χ3n) is 1.90. The van der Waals surface area contributed by atoms with E-state index in [1.807, 2.05) is 13.8 Å². The molecule has 0 fully saturated rings. The molecule has 0 aliphatic heterocycles. The van der Waals surface area contributed by atoms with Crippen molar-refractivity contribution in [3.8, 4) is 0 Å².